The summed E-state index contributed by atoms with van der Waals surface area (Å²) >= 11 is 1.82. The predicted molar refractivity (Wildman–Crippen MR) is 72.2 cm³/mol. The second-order valence-electron chi connectivity index (χ2n) is 4.06. The van der Waals surface area contributed by atoms with Gasteiger partial charge in [-0.15, -0.1) is 5.10 Å². The van der Waals surface area contributed by atoms with Gasteiger partial charge in [-0.2, -0.15) is 11.8 Å². The number of nitrogens with zero attached hydrogens (tertiary/aromatic N) is 3. The van der Waals surface area contributed by atoms with Crippen LogP contribution in [0.5, 0.6) is 0 Å². The molecule has 0 radical (unpaired) electrons. The molecule has 0 saturated carbocycles. The molecular weight excluding hydrogens is 268 g/mol. The Morgan fingerprint density at radius 3 is 2.95 bits per heavy atom. The second kappa shape index (κ2) is 7.78. The number of aliphatic carboxylic acids is 1. The van der Waals surface area contributed by atoms with Crippen LogP contribution >= 0.6 is 11.8 Å². The summed E-state index contributed by atoms with van der Waals surface area (Å²) in [5, 5.41) is 18.6. The van der Waals surface area contributed by atoms with Gasteiger partial charge in [-0.3, -0.25) is 9.59 Å². The number of carboxylic acids is 1. The van der Waals surface area contributed by atoms with Crippen LogP contribution in [-0.4, -0.2) is 49.5 Å². The molecule has 0 bridgehead atoms. The van der Waals surface area contributed by atoms with E-state index in [1.165, 1.54) is 6.20 Å². The van der Waals surface area contributed by atoms with Gasteiger partial charge in [-0.25, -0.2) is 4.68 Å². The number of aromatic nitrogens is 3. The second-order valence-corrected chi connectivity index (χ2v) is 5.45. The molecule has 1 aromatic rings. The molecule has 1 rings (SSSR count). The zero-order valence-corrected chi connectivity index (χ0v) is 11.8. The van der Waals surface area contributed by atoms with Crippen LogP contribution in [0.4, 0.5) is 0 Å². The molecule has 0 spiro atoms. The Morgan fingerprint density at radius 2 is 2.32 bits per heavy atom. The molecule has 0 fully saturated rings. The van der Waals surface area contributed by atoms with Gasteiger partial charge in [0.15, 0.2) is 5.69 Å². The van der Waals surface area contributed by atoms with Gasteiger partial charge in [0, 0.05) is 6.04 Å². The SMILES string of the molecule is CCSCCC(C)NC(=O)c1cn(CC(=O)O)nn1. The summed E-state index contributed by atoms with van der Waals surface area (Å²) in [6.45, 7) is 3.72. The molecule has 1 unspecified atom stereocenters. The molecule has 1 aromatic heterocycles. The first-order chi connectivity index (χ1) is 9.02. The number of rotatable bonds is 8. The average molecular weight is 286 g/mol. The Hall–Kier alpha value is -1.57. The van der Waals surface area contributed by atoms with Crippen LogP contribution in [-0.2, 0) is 11.3 Å². The van der Waals surface area contributed by atoms with Crippen LogP contribution in [0.3, 0.4) is 0 Å². The summed E-state index contributed by atoms with van der Waals surface area (Å²) in [5.74, 6) is 0.695. The van der Waals surface area contributed by atoms with E-state index in [-0.39, 0.29) is 24.2 Å². The van der Waals surface area contributed by atoms with Crippen LogP contribution in [0.2, 0.25) is 0 Å². The number of carbonyl (C=O) groups excluding carboxylic acids is 1. The van der Waals surface area contributed by atoms with E-state index in [4.69, 9.17) is 5.11 Å². The number of nitrogens with one attached hydrogen (secondary N) is 1. The highest BCUT2D eigenvalue weighted by atomic mass is 32.2. The monoisotopic (exact) mass is 286 g/mol. The van der Waals surface area contributed by atoms with Crippen LogP contribution in [0.1, 0.15) is 30.8 Å². The Kier molecular flexibility index (Phi) is 6.34. The van der Waals surface area contributed by atoms with Gasteiger partial charge in [0.25, 0.3) is 5.91 Å². The molecule has 19 heavy (non-hydrogen) atoms. The van der Waals surface area contributed by atoms with Crippen molar-refractivity contribution in [3.8, 4) is 0 Å². The van der Waals surface area contributed by atoms with Gasteiger partial charge in [0.2, 0.25) is 0 Å². The fourth-order valence-corrected chi connectivity index (χ4v) is 2.20. The normalized spacial score (nSPS) is 12.1. The van der Waals surface area contributed by atoms with E-state index in [9.17, 15) is 9.59 Å². The van der Waals surface area contributed by atoms with Gasteiger partial charge >= 0.3 is 5.97 Å². The van der Waals surface area contributed by atoms with Crippen LogP contribution in [0, 0.1) is 0 Å². The van der Waals surface area contributed by atoms with E-state index < -0.39 is 5.97 Å². The summed E-state index contributed by atoms with van der Waals surface area (Å²) in [5.41, 5.74) is 0.135. The maximum Gasteiger partial charge on any atom is 0.325 e. The summed E-state index contributed by atoms with van der Waals surface area (Å²) in [4.78, 5) is 22.3. The third kappa shape index (κ3) is 5.73. The van der Waals surface area contributed by atoms with E-state index in [0.717, 1.165) is 22.6 Å². The van der Waals surface area contributed by atoms with Gasteiger partial charge in [-0.1, -0.05) is 12.1 Å². The lowest BCUT2D eigenvalue weighted by atomic mass is 10.2. The molecule has 0 aliphatic carbocycles. The van der Waals surface area contributed by atoms with Crippen molar-refractivity contribution in [3.05, 3.63) is 11.9 Å². The van der Waals surface area contributed by atoms with Gasteiger partial charge in [0.1, 0.15) is 6.54 Å². The minimum atomic E-state index is -1.03. The lowest BCUT2D eigenvalue weighted by molar-refractivity contribution is -0.137. The number of amides is 1. The minimum absolute atomic E-state index is 0.0520. The maximum atomic E-state index is 11.8. The number of hydrogen-bond donors (Lipinski definition) is 2. The summed E-state index contributed by atoms with van der Waals surface area (Å²) in [6, 6.07) is 0.0520. The van der Waals surface area contributed by atoms with Crippen LogP contribution in [0.15, 0.2) is 6.20 Å². The van der Waals surface area contributed by atoms with Crippen molar-refractivity contribution in [2.45, 2.75) is 32.9 Å². The standard InChI is InChI=1S/C11H18N4O3S/c1-3-19-5-4-8(2)12-11(18)9-6-15(14-13-9)7-10(16)17/h6,8H,3-5,7H2,1-2H3,(H,12,18)(H,16,17). The molecular formula is C11H18N4O3S. The first-order valence-electron chi connectivity index (χ1n) is 6.03. The van der Waals surface area contributed by atoms with Crippen LogP contribution < -0.4 is 5.32 Å². The summed E-state index contributed by atoms with van der Waals surface area (Å²) in [6.07, 6.45) is 2.21. The van der Waals surface area contributed by atoms with Gasteiger partial charge in [-0.05, 0) is 24.9 Å². The first-order valence-corrected chi connectivity index (χ1v) is 7.19. The van der Waals surface area contributed by atoms with Crippen molar-refractivity contribution in [3.63, 3.8) is 0 Å². The molecule has 0 saturated heterocycles. The van der Waals surface area contributed by atoms with E-state index in [2.05, 4.69) is 22.6 Å². The van der Waals surface area contributed by atoms with E-state index >= 15 is 0 Å². The largest absolute Gasteiger partial charge is 0.480 e. The van der Waals surface area contributed by atoms with Crippen molar-refractivity contribution in [2.75, 3.05) is 11.5 Å². The highest BCUT2D eigenvalue weighted by molar-refractivity contribution is 7.99. The third-order valence-electron chi connectivity index (χ3n) is 2.35. The van der Waals surface area contributed by atoms with Crippen molar-refractivity contribution < 1.29 is 14.7 Å². The Morgan fingerprint density at radius 1 is 1.58 bits per heavy atom. The highest BCUT2D eigenvalue weighted by Crippen LogP contribution is 2.04. The number of carbonyl (C=O) groups is 2. The average Bonchev–Trinajstić information content (AvgIpc) is 2.77. The third-order valence-corrected chi connectivity index (χ3v) is 3.28. The maximum absolute atomic E-state index is 11.8. The molecule has 7 nitrogen and oxygen atoms in total. The number of carboxylic acid groups (broad SMARTS) is 1. The van der Waals surface area contributed by atoms with Crippen molar-refractivity contribution >= 4 is 23.6 Å². The van der Waals surface area contributed by atoms with Crippen molar-refractivity contribution in [1.29, 1.82) is 0 Å². The minimum Gasteiger partial charge on any atom is -0.480 e. The molecule has 1 amide bonds. The Labute approximate surface area is 115 Å². The fraction of sp³-hybridized carbons (Fsp3) is 0.636. The Balaban J connectivity index is 2.44. The van der Waals surface area contributed by atoms with Crippen LogP contribution in [0.25, 0.3) is 0 Å². The van der Waals surface area contributed by atoms with E-state index in [0.29, 0.717) is 0 Å². The molecule has 106 valence electrons. The molecule has 2 N–H and O–H groups in total. The highest BCUT2D eigenvalue weighted by Gasteiger charge is 2.14. The number of hydrogen-bond acceptors (Lipinski definition) is 5. The van der Waals surface area contributed by atoms with Gasteiger partial charge < -0.3 is 10.4 Å². The fourth-order valence-electron chi connectivity index (χ4n) is 1.39. The first kappa shape index (κ1) is 15.5. The summed E-state index contributed by atoms with van der Waals surface area (Å²) < 4.78 is 1.12. The Bertz CT molecular complexity index is 435. The zero-order chi connectivity index (χ0) is 14.3. The number of thioether (sulfide) groups is 1. The smallest absolute Gasteiger partial charge is 0.325 e. The lowest BCUT2D eigenvalue weighted by Gasteiger charge is -2.11. The molecule has 0 aromatic carbocycles. The zero-order valence-electron chi connectivity index (χ0n) is 11.0. The van der Waals surface area contributed by atoms with E-state index in [1.807, 2.05) is 18.7 Å². The molecule has 8 heteroatoms. The molecule has 1 atom stereocenters. The van der Waals surface area contributed by atoms with E-state index in [1.54, 1.807) is 0 Å². The topological polar surface area (TPSA) is 97.1 Å². The summed E-state index contributed by atoms with van der Waals surface area (Å²) in [7, 11) is 0. The quantitative estimate of drug-likeness (QED) is 0.680. The van der Waals surface area contributed by atoms with Gasteiger partial charge in [0.05, 0.1) is 6.20 Å². The predicted octanol–water partition coefficient (Wildman–Crippen LogP) is 0.624. The molecule has 0 aliphatic rings. The van der Waals surface area contributed by atoms with Crippen molar-refractivity contribution in [2.24, 2.45) is 0 Å². The van der Waals surface area contributed by atoms with Crippen molar-refractivity contribution in [1.82, 2.24) is 20.3 Å². The molecule has 0 aliphatic heterocycles. The lowest BCUT2D eigenvalue weighted by Crippen LogP contribution is -2.33. The molecule has 1 heterocycles.